The number of para-hydroxylation sites is 1. The van der Waals surface area contributed by atoms with Gasteiger partial charge in [0.1, 0.15) is 5.75 Å². The fourth-order valence-electron chi connectivity index (χ4n) is 1.54. The van der Waals surface area contributed by atoms with Gasteiger partial charge in [-0.3, -0.25) is 0 Å². The molecule has 0 saturated carbocycles. The fraction of sp³-hybridized carbons (Fsp3) is 0.385. The van der Waals surface area contributed by atoms with Crippen LogP contribution < -0.4 is 10.1 Å². The van der Waals surface area contributed by atoms with E-state index < -0.39 is 6.36 Å². The molecule has 0 radical (unpaired) electrons. The maximum absolute atomic E-state index is 12.2. The van der Waals surface area contributed by atoms with Gasteiger partial charge < -0.3 is 10.1 Å². The van der Waals surface area contributed by atoms with Crippen molar-refractivity contribution in [1.29, 1.82) is 0 Å². The van der Waals surface area contributed by atoms with Crippen molar-refractivity contribution in [3.05, 3.63) is 35.4 Å². The Hall–Kier alpha value is -1.49. The van der Waals surface area contributed by atoms with Crippen LogP contribution in [0.4, 0.5) is 13.2 Å². The average Bonchev–Trinajstić information content (AvgIpc) is 2.29. The molecule has 1 aromatic rings. The van der Waals surface area contributed by atoms with Crippen LogP contribution in [-0.4, -0.2) is 20.0 Å². The Labute approximate surface area is 104 Å². The van der Waals surface area contributed by atoms with Gasteiger partial charge in [-0.05, 0) is 19.5 Å². The van der Waals surface area contributed by atoms with Crippen LogP contribution in [0.3, 0.4) is 0 Å². The normalized spacial score (nSPS) is 12.6. The van der Waals surface area contributed by atoms with Crippen LogP contribution in [0.1, 0.15) is 18.9 Å². The van der Waals surface area contributed by atoms with Crippen LogP contribution in [0.25, 0.3) is 6.08 Å². The molecule has 100 valence electrons. The number of hydrogen-bond donors (Lipinski definition) is 1. The smallest absolute Gasteiger partial charge is 0.405 e. The summed E-state index contributed by atoms with van der Waals surface area (Å²) in [6, 6.07) is 6.11. The van der Waals surface area contributed by atoms with Gasteiger partial charge in [-0.15, -0.1) is 13.2 Å². The van der Waals surface area contributed by atoms with Crippen LogP contribution in [0.15, 0.2) is 29.8 Å². The van der Waals surface area contributed by atoms with Crippen molar-refractivity contribution in [2.75, 3.05) is 13.6 Å². The number of likely N-dealkylation sites (N-methyl/N-ethyl adjacent to an activating group) is 1. The predicted molar refractivity (Wildman–Crippen MR) is 65.3 cm³/mol. The second kappa shape index (κ2) is 6.44. The number of benzene rings is 1. The van der Waals surface area contributed by atoms with Gasteiger partial charge in [0.2, 0.25) is 0 Å². The minimum absolute atomic E-state index is 0.174. The third-order valence-corrected chi connectivity index (χ3v) is 2.36. The zero-order valence-electron chi connectivity index (χ0n) is 10.3. The Morgan fingerprint density at radius 2 is 2.00 bits per heavy atom. The van der Waals surface area contributed by atoms with E-state index >= 15 is 0 Å². The van der Waals surface area contributed by atoms with Crippen LogP contribution in [0.2, 0.25) is 0 Å². The molecular formula is C13H16F3NO. The zero-order chi connectivity index (χ0) is 13.6. The lowest BCUT2D eigenvalue weighted by Crippen LogP contribution is -2.17. The standard InChI is InChI=1S/C13H16F3NO/c1-3-10(9-17-2)8-11-6-4-5-7-12(11)18-13(14,15)16/h4-8,17H,3,9H2,1-2H3. The highest BCUT2D eigenvalue weighted by molar-refractivity contribution is 5.60. The molecule has 0 aliphatic carbocycles. The number of alkyl halides is 3. The summed E-state index contributed by atoms with van der Waals surface area (Å²) in [4.78, 5) is 0. The van der Waals surface area contributed by atoms with Gasteiger partial charge in [-0.2, -0.15) is 0 Å². The van der Waals surface area contributed by atoms with Gasteiger partial charge in [0.25, 0.3) is 0 Å². The fourth-order valence-corrected chi connectivity index (χ4v) is 1.54. The molecule has 0 aromatic heterocycles. The van der Waals surface area contributed by atoms with E-state index in [2.05, 4.69) is 10.1 Å². The van der Waals surface area contributed by atoms with E-state index in [1.54, 1.807) is 25.3 Å². The minimum Gasteiger partial charge on any atom is -0.405 e. The van der Waals surface area contributed by atoms with Crippen LogP contribution in [0, 0.1) is 0 Å². The zero-order valence-corrected chi connectivity index (χ0v) is 10.3. The number of halogens is 3. The molecule has 0 atom stereocenters. The first-order valence-corrected chi connectivity index (χ1v) is 5.65. The van der Waals surface area contributed by atoms with Crippen molar-refractivity contribution >= 4 is 6.08 Å². The van der Waals surface area contributed by atoms with Crippen LogP contribution in [0.5, 0.6) is 5.75 Å². The molecule has 18 heavy (non-hydrogen) atoms. The summed E-state index contributed by atoms with van der Waals surface area (Å²) in [5.74, 6) is -0.174. The first kappa shape index (κ1) is 14.6. The molecule has 0 aliphatic rings. The Balaban J connectivity index is 3.01. The average molecular weight is 259 g/mol. The number of ether oxygens (including phenoxy) is 1. The highest BCUT2D eigenvalue weighted by Gasteiger charge is 2.31. The summed E-state index contributed by atoms with van der Waals surface area (Å²) in [7, 11) is 1.79. The van der Waals surface area contributed by atoms with Crippen LogP contribution in [-0.2, 0) is 0 Å². The second-order valence-corrected chi connectivity index (χ2v) is 3.77. The summed E-state index contributed by atoms with van der Waals surface area (Å²) in [6.07, 6.45) is -2.18. The SMILES string of the molecule is CCC(=Cc1ccccc1OC(F)(F)F)CNC. The van der Waals surface area contributed by atoms with Gasteiger partial charge in [0, 0.05) is 12.1 Å². The van der Waals surface area contributed by atoms with E-state index in [1.165, 1.54) is 12.1 Å². The molecule has 0 fully saturated rings. The monoisotopic (exact) mass is 259 g/mol. The van der Waals surface area contributed by atoms with Crippen molar-refractivity contribution in [3.8, 4) is 5.75 Å². The van der Waals surface area contributed by atoms with Crippen molar-refractivity contribution < 1.29 is 17.9 Å². The van der Waals surface area contributed by atoms with Gasteiger partial charge in [-0.25, -0.2) is 0 Å². The van der Waals surface area contributed by atoms with Gasteiger partial charge in [0.15, 0.2) is 0 Å². The Bertz CT molecular complexity index is 413. The lowest BCUT2D eigenvalue weighted by molar-refractivity contribution is -0.274. The Morgan fingerprint density at radius 3 is 2.56 bits per heavy atom. The Kier molecular flexibility index (Phi) is 5.22. The summed E-state index contributed by atoms with van der Waals surface area (Å²) in [5.41, 5.74) is 1.44. The molecule has 2 nitrogen and oxygen atoms in total. The first-order chi connectivity index (χ1) is 8.46. The molecule has 0 bridgehead atoms. The molecule has 0 spiro atoms. The van der Waals surface area contributed by atoms with Crippen LogP contribution >= 0.6 is 0 Å². The van der Waals surface area contributed by atoms with Crippen molar-refractivity contribution in [1.82, 2.24) is 5.32 Å². The maximum Gasteiger partial charge on any atom is 0.573 e. The van der Waals surface area contributed by atoms with E-state index in [-0.39, 0.29) is 5.75 Å². The van der Waals surface area contributed by atoms with E-state index in [9.17, 15) is 13.2 Å². The summed E-state index contributed by atoms with van der Waals surface area (Å²) in [5, 5.41) is 2.98. The first-order valence-electron chi connectivity index (χ1n) is 5.65. The summed E-state index contributed by atoms with van der Waals surface area (Å²) >= 11 is 0. The Morgan fingerprint density at radius 1 is 1.33 bits per heavy atom. The molecule has 1 N–H and O–H groups in total. The van der Waals surface area contributed by atoms with Gasteiger partial charge in [0.05, 0.1) is 0 Å². The molecule has 1 aromatic carbocycles. The molecule has 0 unspecified atom stereocenters. The number of hydrogen-bond acceptors (Lipinski definition) is 2. The minimum atomic E-state index is -4.67. The lowest BCUT2D eigenvalue weighted by Gasteiger charge is -2.12. The quantitative estimate of drug-likeness (QED) is 0.872. The predicted octanol–water partition coefficient (Wildman–Crippen LogP) is 3.60. The number of nitrogens with one attached hydrogen (secondary N) is 1. The van der Waals surface area contributed by atoms with Crippen molar-refractivity contribution in [2.24, 2.45) is 0 Å². The second-order valence-electron chi connectivity index (χ2n) is 3.77. The van der Waals surface area contributed by atoms with E-state index in [1.807, 2.05) is 6.92 Å². The molecular weight excluding hydrogens is 243 g/mol. The molecule has 5 heteroatoms. The van der Waals surface area contributed by atoms with Crippen molar-refractivity contribution in [3.63, 3.8) is 0 Å². The highest BCUT2D eigenvalue weighted by Crippen LogP contribution is 2.27. The molecule has 0 heterocycles. The molecule has 0 saturated heterocycles. The van der Waals surface area contributed by atoms with E-state index in [0.717, 1.165) is 12.0 Å². The number of rotatable bonds is 5. The molecule has 1 rings (SSSR count). The summed E-state index contributed by atoms with van der Waals surface area (Å²) in [6.45, 7) is 2.59. The summed E-state index contributed by atoms with van der Waals surface area (Å²) < 4.78 is 40.7. The van der Waals surface area contributed by atoms with E-state index in [4.69, 9.17) is 0 Å². The van der Waals surface area contributed by atoms with Gasteiger partial charge >= 0.3 is 6.36 Å². The molecule has 0 amide bonds. The lowest BCUT2D eigenvalue weighted by atomic mass is 10.1. The van der Waals surface area contributed by atoms with Gasteiger partial charge in [-0.1, -0.05) is 36.8 Å². The molecule has 0 aliphatic heterocycles. The third kappa shape index (κ3) is 4.79. The topological polar surface area (TPSA) is 21.3 Å². The maximum atomic E-state index is 12.2. The highest BCUT2D eigenvalue weighted by atomic mass is 19.4. The van der Waals surface area contributed by atoms with E-state index in [0.29, 0.717) is 12.1 Å². The largest absolute Gasteiger partial charge is 0.573 e. The van der Waals surface area contributed by atoms with Crippen molar-refractivity contribution in [2.45, 2.75) is 19.7 Å². The third-order valence-electron chi connectivity index (χ3n) is 2.36.